The second-order valence-corrected chi connectivity index (χ2v) is 12.7. The maximum atomic E-state index is 13.3. The van der Waals surface area contributed by atoms with E-state index in [1.54, 1.807) is 31.2 Å². The van der Waals surface area contributed by atoms with Gasteiger partial charge in [-0.3, -0.25) is 0 Å². The van der Waals surface area contributed by atoms with Gasteiger partial charge < -0.3 is 9.67 Å². The van der Waals surface area contributed by atoms with Gasteiger partial charge in [-0.05, 0) is 38.0 Å². The number of hydrogen-bond acceptors (Lipinski definition) is 7. The molecule has 0 aliphatic carbocycles. The molecule has 2 unspecified atom stereocenters. The van der Waals surface area contributed by atoms with E-state index in [2.05, 4.69) is 9.97 Å². The molecule has 12 heteroatoms. The van der Waals surface area contributed by atoms with Gasteiger partial charge in [0.05, 0.1) is 28.4 Å². The highest BCUT2D eigenvalue weighted by molar-refractivity contribution is 7.90. The summed E-state index contributed by atoms with van der Waals surface area (Å²) in [5.41, 5.74) is 1.39. The molecule has 0 amide bonds. The molecule has 5 rings (SSSR count). The smallest absolute Gasteiger partial charge is 0.269 e. The third kappa shape index (κ3) is 3.94. The van der Waals surface area contributed by atoms with Crippen molar-refractivity contribution in [3.05, 3.63) is 54.6 Å². The maximum Gasteiger partial charge on any atom is 0.269 e. The standard InChI is InChI=1S/C23H27N5O5S2/c1-3-13-34(30,31)26-11-9-17(15-26)28-21-19-10-12-27(35(32,33)18-7-5-4-6-8-18)23(19)24-14-20(21)25-22(28)16(2)29/h4-8,10,12,14,16-17,29H,3,9,11,13,15H2,1-2H3. The third-order valence-corrected chi connectivity index (χ3v) is 10.1. The van der Waals surface area contributed by atoms with E-state index in [0.29, 0.717) is 41.6 Å². The lowest BCUT2D eigenvalue weighted by molar-refractivity contribution is 0.182. The van der Waals surface area contributed by atoms with Crippen LogP contribution in [0.5, 0.6) is 0 Å². The van der Waals surface area contributed by atoms with Crippen LogP contribution in [0.4, 0.5) is 0 Å². The number of aliphatic hydroxyl groups is 1. The predicted octanol–water partition coefficient (Wildman–Crippen LogP) is 2.66. The first-order valence-corrected chi connectivity index (χ1v) is 14.5. The van der Waals surface area contributed by atoms with Crippen LogP contribution in [0.25, 0.3) is 22.1 Å². The van der Waals surface area contributed by atoms with Gasteiger partial charge in [0.15, 0.2) is 5.65 Å². The van der Waals surface area contributed by atoms with Crippen molar-refractivity contribution in [2.75, 3.05) is 18.8 Å². The number of pyridine rings is 1. The normalized spacial score (nSPS) is 18.5. The molecule has 10 nitrogen and oxygen atoms in total. The maximum absolute atomic E-state index is 13.3. The number of aliphatic hydroxyl groups excluding tert-OH is 1. The van der Waals surface area contributed by atoms with Gasteiger partial charge in [-0.15, -0.1) is 0 Å². The Morgan fingerprint density at radius 1 is 1.14 bits per heavy atom. The Labute approximate surface area is 203 Å². The number of sulfonamides is 1. The van der Waals surface area contributed by atoms with E-state index in [4.69, 9.17) is 0 Å². The molecule has 2 atom stereocenters. The predicted molar refractivity (Wildman–Crippen MR) is 132 cm³/mol. The summed E-state index contributed by atoms with van der Waals surface area (Å²) in [6, 6.07) is 9.54. The molecule has 4 heterocycles. The van der Waals surface area contributed by atoms with Gasteiger partial charge in [-0.2, -0.15) is 4.31 Å². The lowest BCUT2D eigenvalue weighted by Gasteiger charge is -2.20. The molecular weight excluding hydrogens is 490 g/mol. The van der Waals surface area contributed by atoms with Crippen LogP contribution >= 0.6 is 0 Å². The molecule has 1 N–H and O–H groups in total. The van der Waals surface area contributed by atoms with Gasteiger partial charge in [0.2, 0.25) is 10.0 Å². The number of benzene rings is 1. The van der Waals surface area contributed by atoms with Crippen LogP contribution in [0.1, 0.15) is 44.7 Å². The summed E-state index contributed by atoms with van der Waals surface area (Å²) < 4.78 is 56.4. The molecule has 0 saturated carbocycles. The Balaban J connectivity index is 1.67. The Hall–Kier alpha value is -2.80. The zero-order valence-electron chi connectivity index (χ0n) is 19.4. The first-order valence-electron chi connectivity index (χ1n) is 11.5. The van der Waals surface area contributed by atoms with E-state index in [-0.39, 0.29) is 28.9 Å². The SMILES string of the molecule is CCCS(=O)(=O)N1CCC(n2c(C(C)O)nc3cnc4c(ccn4S(=O)(=O)c4ccccc4)c32)C1. The van der Waals surface area contributed by atoms with Crippen molar-refractivity contribution in [2.45, 2.75) is 43.7 Å². The Kier molecular flexibility index (Phi) is 5.94. The van der Waals surface area contributed by atoms with Crippen molar-refractivity contribution in [3.63, 3.8) is 0 Å². The molecule has 0 bridgehead atoms. The summed E-state index contributed by atoms with van der Waals surface area (Å²) in [5.74, 6) is 0.481. The van der Waals surface area contributed by atoms with Crippen LogP contribution in [-0.4, -0.2) is 63.6 Å². The van der Waals surface area contributed by atoms with Gasteiger partial charge in [0.1, 0.15) is 17.4 Å². The van der Waals surface area contributed by atoms with Gasteiger partial charge in [0.25, 0.3) is 10.0 Å². The van der Waals surface area contributed by atoms with Crippen molar-refractivity contribution in [1.29, 1.82) is 0 Å². The van der Waals surface area contributed by atoms with Crippen LogP contribution in [-0.2, 0) is 20.0 Å². The van der Waals surface area contributed by atoms with Crippen LogP contribution in [0, 0.1) is 0 Å². The van der Waals surface area contributed by atoms with Crippen LogP contribution in [0.2, 0.25) is 0 Å². The molecule has 35 heavy (non-hydrogen) atoms. The number of aromatic nitrogens is 4. The van der Waals surface area contributed by atoms with Crippen LogP contribution in [0.3, 0.4) is 0 Å². The second kappa shape index (κ2) is 8.70. The first-order chi connectivity index (χ1) is 16.6. The van der Waals surface area contributed by atoms with Crippen LogP contribution in [0.15, 0.2) is 53.7 Å². The highest BCUT2D eigenvalue weighted by Gasteiger charge is 2.35. The van der Waals surface area contributed by atoms with Gasteiger partial charge in [-0.25, -0.2) is 30.8 Å². The molecule has 1 aromatic carbocycles. The molecule has 0 spiro atoms. The molecule has 0 radical (unpaired) electrons. The Bertz CT molecular complexity index is 1610. The lowest BCUT2D eigenvalue weighted by atomic mass is 10.2. The van der Waals surface area contributed by atoms with E-state index in [1.165, 1.54) is 28.8 Å². The highest BCUT2D eigenvalue weighted by Crippen LogP contribution is 2.35. The summed E-state index contributed by atoms with van der Waals surface area (Å²) >= 11 is 0. The topological polar surface area (TPSA) is 127 Å². The number of rotatable bonds is 7. The lowest BCUT2D eigenvalue weighted by Crippen LogP contribution is -2.31. The minimum absolute atomic E-state index is 0.0853. The van der Waals surface area contributed by atoms with Crippen LogP contribution < -0.4 is 0 Å². The first kappa shape index (κ1) is 23.9. The molecule has 1 aliphatic heterocycles. The van der Waals surface area contributed by atoms with E-state index in [1.807, 2.05) is 11.5 Å². The molecule has 1 aliphatic rings. The van der Waals surface area contributed by atoms with E-state index in [0.717, 1.165) is 3.97 Å². The van der Waals surface area contributed by atoms with Crippen molar-refractivity contribution in [1.82, 2.24) is 22.8 Å². The summed E-state index contributed by atoms with van der Waals surface area (Å²) in [7, 11) is -7.25. The second-order valence-electron chi connectivity index (χ2n) is 8.79. The third-order valence-electron chi connectivity index (χ3n) is 6.38. The average Bonchev–Trinajstić information content (AvgIpc) is 3.55. The summed E-state index contributed by atoms with van der Waals surface area (Å²) in [6.07, 6.45) is 3.14. The molecule has 1 saturated heterocycles. The zero-order valence-corrected chi connectivity index (χ0v) is 21.1. The fourth-order valence-electron chi connectivity index (χ4n) is 4.79. The van der Waals surface area contributed by atoms with Gasteiger partial charge in [-0.1, -0.05) is 25.1 Å². The molecule has 1 fully saturated rings. The summed E-state index contributed by atoms with van der Waals surface area (Å²) in [4.78, 5) is 9.13. The zero-order chi connectivity index (χ0) is 25.0. The van der Waals surface area contributed by atoms with Crippen molar-refractivity contribution in [3.8, 4) is 0 Å². The molecular formula is C23H27N5O5S2. The largest absolute Gasteiger partial charge is 0.385 e. The van der Waals surface area contributed by atoms with Crippen molar-refractivity contribution < 1.29 is 21.9 Å². The highest BCUT2D eigenvalue weighted by atomic mass is 32.2. The van der Waals surface area contributed by atoms with Gasteiger partial charge >= 0.3 is 0 Å². The summed E-state index contributed by atoms with van der Waals surface area (Å²) in [5, 5.41) is 11.1. The van der Waals surface area contributed by atoms with E-state index >= 15 is 0 Å². The van der Waals surface area contributed by atoms with Crippen molar-refractivity contribution >= 4 is 42.1 Å². The Morgan fingerprint density at radius 2 is 1.89 bits per heavy atom. The summed E-state index contributed by atoms with van der Waals surface area (Å²) in [6.45, 7) is 4.08. The van der Waals surface area contributed by atoms with E-state index < -0.39 is 26.2 Å². The molecule has 3 aromatic heterocycles. The van der Waals surface area contributed by atoms with E-state index in [9.17, 15) is 21.9 Å². The quantitative estimate of drug-likeness (QED) is 0.399. The Morgan fingerprint density at radius 3 is 2.57 bits per heavy atom. The van der Waals surface area contributed by atoms with Gasteiger partial charge in [0, 0.05) is 24.7 Å². The number of nitrogens with zero attached hydrogens (tertiary/aromatic N) is 5. The minimum Gasteiger partial charge on any atom is -0.385 e. The van der Waals surface area contributed by atoms with Crippen molar-refractivity contribution in [2.24, 2.45) is 0 Å². The number of fused-ring (bicyclic) bond motifs is 3. The number of imidazole rings is 1. The fourth-order valence-corrected chi connectivity index (χ4v) is 7.67. The molecule has 186 valence electrons. The average molecular weight is 518 g/mol. The monoisotopic (exact) mass is 517 g/mol. The molecule has 4 aromatic rings. The minimum atomic E-state index is -3.88. The number of hydrogen-bond donors (Lipinski definition) is 1. The fraction of sp³-hybridized carbons (Fsp3) is 0.391.